The smallest absolute Gasteiger partial charge is 0.255 e. The summed E-state index contributed by atoms with van der Waals surface area (Å²) in [5.41, 5.74) is 1.37. The minimum Gasteiger partial charge on any atom is -0.497 e. The van der Waals surface area contributed by atoms with Crippen molar-refractivity contribution in [2.45, 2.75) is 38.1 Å². The minimum absolute atomic E-state index is 0.0351. The number of hydrogen-bond acceptors (Lipinski definition) is 4. The van der Waals surface area contributed by atoms with E-state index < -0.39 is 0 Å². The highest BCUT2D eigenvalue weighted by Crippen LogP contribution is 2.40. The molecule has 1 aromatic carbocycles. The van der Waals surface area contributed by atoms with Crippen LogP contribution >= 0.6 is 0 Å². The van der Waals surface area contributed by atoms with Gasteiger partial charge in [0.1, 0.15) is 11.5 Å². The molecule has 24 heavy (non-hydrogen) atoms. The molecule has 0 radical (unpaired) electrons. The van der Waals surface area contributed by atoms with Gasteiger partial charge in [-0.05, 0) is 18.1 Å². The summed E-state index contributed by atoms with van der Waals surface area (Å²) in [5, 5.41) is 3.06. The number of unbranched alkanes of at least 4 members (excludes halogenated alkanes) is 1. The van der Waals surface area contributed by atoms with Gasteiger partial charge in [-0.3, -0.25) is 9.59 Å². The zero-order valence-electron chi connectivity index (χ0n) is 14.4. The predicted molar refractivity (Wildman–Crippen MR) is 89.6 cm³/mol. The van der Waals surface area contributed by atoms with Crippen LogP contribution in [0.4, 0.5) is 0 Å². The van der Waals surface area contributed by atoms with Gasteiger partial charge in [0, 0.05) is 31.5 Å². The molecule has 130 valence electrons. The molecule has 2 atom stereocenters. The van der Waals surface area contributed by atoms with E-state index in [1.807, 2.05) is 11.0 Å². The number of carbonyl (C=O) groups is 2. The molecule has 6 nitrogen and oxygen atoms in total. The van der Waals surface area contributed by atoms with Crippen molar-refractivity contribution < 1.29 is 19.1 Å². The first-order chi connectivity index (χ1) is 11.6. The van der Waals surface area contributed by atoms with Crippen LogP contribution in [0, 0.1) is 0 Å². The molecule has 3 rings (SSSR count). The molecule has 1 fully saturated rings. The number of benzene rings is 1. The maximum absolute atomic E-state index is 12.6. The molecule has 2 aliphatic rings. The van der Waals surface area contributed by atoms with Crippen LogP contribution in [0.15, 0.2) is 12.1 Å². The molecule has 1 aromatic rings. The first-order valence-corrected chi connectivity index (χ1v) is 8.43. The monoisotopic (exact) mass is 332 g/mol. The van der Waals surface area contributed by atoms with E-state index in [1.165, 1.54) is 7.11 Å². The zero-order chi connectivity index (χ0) is 17.3. The quantitative estimate of drug-likeness (QED) is 0.895. The maximum Gasteiger partial charge on any atom is 0.255 e. The van der Waals surface area contributed by atoms with Crippen molar-refractivity contribution >= 4 is 11.8 Å². The Bertz CT molecular complexity index is 659. The minimum atomic E-state index is -0.143. The molecule has 0 saturated carbocycles. The third kappa shape index (κ3) is 2.81. The largest absolute Gasteiger partial charge is 0.497 e. The summed E-state index contributed by atoms with van der Waals surface area (Å²) in [6.07, 6.45) is 2.43. The predicted octanol–water partition coefficient (Wildman–Crippen LogP) is 1.93. The lowest BCUT2D eigenvalue weighted by molar-refractivity contribution is -0.134. The first kappa shape index (κ1) is 16.6. The number of likely N-dealkylation sites (tertiary alicyclic amines) is 1. The normalized spacial score (nSPS) is 22.5. The number of methoxy groups -OCH3 is 2. The Hall–Kier alpha value is -2.24. The average molecular weight is 332 g/mol. The summed E-state index contributed by atoms with van der Waals surface area (Å²) in [4.78, 5) is 27.0. The number of carbonyl (C=O) groups excluding carboxylic acids is 2. The van der Waals surface area contributed by atoms with Gasteiger partial charge in [-0.1, -0.05) is 13.3 Å². The lowest BCUT2D eigenvalue weighted by Crippen LogP contribution is -2.56. The highest BCUT2D eigenvalue weighted by atomic mass is 16.5. The van der Waals surface area contributed by atoms with Gasteiger partial charge in [0.25, 0.3) is 5.91 Å². The number of hydrogen-bond donors (Lipinski definition) is 1. The van der Waals surface area contributed by atoms with Crippen LogP contribution in [0.25, 0.3) is 0 Å². The van der Waals surface area contributed by atoms with E-state index >= 15 is 0 Å². The van der Waals surface area contributed by atoms with Crippen molar-refractivity contribution in [1.29, 1.82) is 0 Å². The van der Waals surface area contributed by atoms with Gasteiger partial charge in [-0.2, -0.15) is 0 Å². The van der Waals surface area contributed by atoms with Gasteiger partial charge < -0.3 is 19.7 Å². The van der Waals surface area contributed by atoms with Crippen LogP contribution in [0.3, 0.4) is 0 Å². The molecule has 1 N–H and O–H groups in total. The molecule has 2 heterocycles. The van der Waals surface area contributed by atoms with E-state index in [1.54, 1.807) is 13.2 Å². The summed E-state index contributed by atoms with van der Waals surface area (Å²) < 4.78 is 10.7. The topological polar surface area (TPSA) is 67.9 Å². The molecule has 0 aliphatic carbocycles. The number of piperidine rings is 1. The average Bonchev–Trinajstić information content (AvgIpc) is 2.59. The number of amides is 2. The number of ether oxygens (including phenoxy) is 2. The van der Waals surface area contributed by atoms with E-state index in [-0.39, 0.29) is 23.8 Å². The fourth-order valence-electron chi connectivity index (χ4n) is 3.63. The number of rotatable bonds is 5. The van der Waals surface area contributed by atoms with Gasteiger partial charge in [0.2, 0.25) is 5.91 Å². The highest BCUT2D eigenvalue weighted by Gasteiger charge is 2.42. The second kappa shape index (κ2) is 6.71. The summed E-state index contributed by atoms with van der Waals surface area (Å²) in [6.45, 7) is 3.42. The molecular formula is C18H24N2O4. The van der Waals surface area contributed by atoms with Crippen molar-refractivity contribution in [1.82, 2.24) is 10.2 Å². The van der Waals surface area contributed by atoms with Crippen molar-refractivity contribution in [3.8, 4) is 11.5 Å². The Balaban J connectivity index is 1.96. The summed E-state index contributed by atoms with van der Waals surface area (Å²) in [6, 6.07) is 3.51. The fraction of sp³-hybridized carbons (Fsp3) is 0.556. The van der Waals surface area contributed by atoms with Crippen LogP contribution in [0.1, 0.15) is 48.0 Å². The number of fused-ring (bicyclic) bond motifs is 3. The standard InChI is InChI=1S/C18H24N2O4/c1-4-5-6-20-10-14-12(9-16(20)21)13-7-11(23-2)8-15(24-3)17(13)18(22)19-14/h7-8,12,14H,4-6,9-10H2,1-3H3,(H,19,22)/t12-,14+/m0/s1. The molecular weight excluding hydrogens is 308 g/mol. The van der Waals surface area contributed by atoms with Crippen LogP contribution in [0.5, 0.6) is 11.5 Å². The summed E-state index contributed by atoms with van der Waals surface area (Å²) in [5.74, 6) is 1.09. The van der Waals surface area contributed by atoms with E-state index in [4.69, 9.17) is 9.47 Å². The van der Waals surface area contributed by atoms with Gasteiger partial charge in [-0.15, -0.1) is 0 Å². The molecule has 0 unspecified atom stereocenters. The Morgan fingerprint density at radius 2 is 2.04 bits per heavy atom. The highest BCUT2D eigenvalue weighted by molar-refractivity contribution is 6.01. The van der Waals surface area contributed by atoms with Crippen molar-refractivity contribution in [2.75, 3.05) is 27.3 Å². The van der Waals surface area contributed by atoms with E-state index in [0.29, 0.717) is 30.0 Å². The van der Waals surface area contributed by atoms with Gasteiger partial charge in [0.05, 0.1) is 25.8 Å². The van der Waals surface area contributed by atoms with Crippen molar-refractivity contribution in [3.63, 3.8) is 0 Å². The molecule has 2 amide bonds. The van der Waals surface area contributed by atoms with E-state index in [9.17, 15) is 9.59 Å². The third-order valence-electron chi connectivity index (χ3n) is 4.94. The fourth-order valence-corrected chi connectivity index (χ4v) is 3.63. The zero-order valence-corrected chi connectivity index (χ0v) is 14.4. The Kier molecular flexibility index (Phi) is 4.64. The number of nitrogens with zero attached hydrogens (tertiary/aromatic N) is 1. The summed E-state index contributed by atoms with van der Waals surface area (Å²) in [7, 11) is 3.12. The Morgan fingerprint density at radius 3 is 2.71 bits per heavy atom. The van der Waals surface area contributed by atoms with Crippen molar-refractivity contribution in [2.24, 2.45) is 0 Å². The molecule has 0 aromatic heterocycles. The molecule has 1 saturated heterocycles. The molecule has 0 spiro atoms. The first-order valence-electron chi connectivity index (χ1n) is 8.43. The second-order valence-electron chi connectivity index (χ2n) is 6.38. The van der Waals surface area contributed by atoms with Gasteiger partial charge in [0.15, 0.2) is 0 Å². The Morgan fingerprint density at radius 1 is 1.25 bits per heavy atom. The summed E-state index contributed by atoms with van der Waals surface area (Å²) >= 11 is 0. The lowest BCUT2D eigenvalue weighted by Gasteiger charge is -2.42. The van der Waals surface area contributed by atoms with E-state index in [0.717, 1.165) is 24.9 Å². The van der Waals surface area contributed by atoms with Crippen molar-refractivity contribution in [3.05, 3.63) is 23.3 Å². The van der Waals surface area contributed by atoms with Crippen LogP contribution < -0.4 is 14.8 Å². The lowest BCUT2D eigenvalue weighted by atomic mass is 9.79. The number of nitrogens with one attached hydrogen (secondary N) is 1. The van der Waals surface area contributed by atoms with Crippen LogP contribution in [-0.4, -0.2) is 50.1 Å². The van der Waals surface area contributed by atoms with Gasteiger partial charge in [-0.25, -0.2) is 0 Å². The molecule has 0 bridgehead atoms. The maximum atomic E-state index is 12.6. The molecule has 2 aliphatic heterocycles. The third-order valence-corrected chi connectivity index (χ3v) is 4.94. The van der Waals surface area contributed by atoms with Crippen LogP contribution in [0.2, 0.25) is 0 Å². The van der Waals surface area contributed by atoms with Gasteiger partial charge >= 0.3 is 0 Å². The second-order valence-corrected chi connectivity index (χ2v) is 6.38. The Labute approximate surface area is 142 Å². The van der Waals surface area contributed by atoms with Crippen LogP contribution in [-0.2, 0) is 4.79 Å². The molecule has 6 heteroatoms. The van der Waals surface area contributed by atoms with E-state index in [2.05, 4.69) is 12.2 Å². The SMILES string of the molecule is CCCCN1C[C@H]2NC(=O)c3c(OC)cc(OC)cc3[C@@H]2CC1=O.